The number of rotatable bonds is 15. The van der Waals surface area contributed by atoms with Crippen molar-refractivity contribution < 1.29 is 98.8 Å². The predicted molar refractivity (Wildman–Crippen MR) is 417 cm³/mol. The maximum Gasteiger partial charge on any atom is 1.00 e. The minimum Gasteiger partial charge on any atom is -1.00 e. The van der Waals surface area contributed by atoms with Crippen LogP contribution in [0.3, 0.4) is 0 Å². The van der Waals surface area contributed by atoms with Gasteiger partial charge in [0, 0.05) is 115 Å². The second-order valence-electron chi connectivity index (χ2n) is 27.1. The first kappa shape index (κ1) is 94.9. The summed E-state index contributed by atoms with van der Waals surface area (Å²) in [5, 5.41) is 7.00. The van der Waals surface area contributed by atoms with Crippen LogP contribution in [0.2, 0.25) is 0 Å². The van der Waals surface area contributed by atoms with E-state index in [1.165, 1.54) is 53.8 Å². The molecule has 576 valence electrons. The molecule has 5 aliphatic carbocycles. The Bertz CT molecular complexity index is 3310. The Morgan fingerprint density at radius 1 is 0.590 bits per heavy atom. The molecule has 105 heavy (non-hydrogen) atoms. The number of carbonyl (C=O) groups is 6. The Morgan fingerprint density at radius 3 is 1.36 bits per heavy atom. The van der Waals surface area contributed by atoms with Crippen LogP contribution < -0.4 is 35.0 Å². The van der Waals surface area contributed by atoms with Gasteiger partial charge >= 0.3 is 54.6 Å². The number of Topliss-reactive ketones (excluding diaryl/α,β-unsaturated/α-hetero) is 2. The van der Waals surface area contributed by atoms with Gasteiger partial charge in [-0.05, 0) is 277 Å². The van der Waals surface area contributed by atoms with E-state index in [1.54, 1.807) is 71.0 Å². The van der Waals surface area contributed by atoms with Gasteiger partial charge in [0.1, 0.15) is 17.2 Å². The number of esters is 3. The van der Waals surface area contributed by atoms with Crippen LogP contribution in [-0.2, 0) is 61.4 Å². The number of ether oxygens (including phenoxy) is 3. The van der Waals surface area contributed by atoms with E-state index in [1.807, 2.05) is 123 Å². The third-order valence-corrected chi connectivity index (χ3v) is 21.8. The summed E-state index contributed by atoms with van der Waals surface area (Å²) < 4.78 is 49.7. The second kappa shape index (κ2) is 53.6. The van der Waals surface area contributed by atoms with E-state index in [2.05, 4.69) is 49.2 Å². The molecule has 5 aromatic rings. The third-order valence-electron chi connectivity index (χ3n) is 19.4. The minimum atomic E-state index is -2.84. The fourth-order valence-electron chi connectivity index (χ4n) is 12.7. The van der Waals surface area contributed by atoms with Crippen molar-refractivity contribution in [3.8, 4) is 0 Å². The van der Waals surface area contributed by atoms with Crippen LogP contribution in [0.5, 0.6) is 0 Å². The molecule has 22 heteroatoms. The number of carbonyl (C=O) groups excluding carboxylic acids is 6. The summed E-state index contributed by atoms with van der Waals surface area (Å²) >= 11 is 0. The van der Waals surface area contributed by atoms with Gasteiger partial charge in [-0.25, -0.2) is 4.79 Å². The molecule has 0 aromatic carbocycles. The summed E-state index contributed by atoms with van der Waals surface area (Å²) in [7, 11) is -2.12. The zero-order valence-electron chi connectivity index (χ0n) is 67.2. The smallest absolute Gasteiger partial charge is 1.00 e. The van der Waals surface area contributed by atoms with E-state index in [-0.39, 0.29) is 80.4 Å². The van der Waals surface area contributed by atoms with Gasteiger partial charge in [0.2, 0.25) is 7.37 Å². The first-order chi connectivity index (χ1) is 49.8. The first-order valence-electron chi connectivity index (χ1n) is 37.8. The summed E-state index contributed by atoms with van der Waals surface area (Å²) in [5.74, 6) is 2.89. The number of aliphatic hydroxyl groups is 1. The fraction of sp³-hybridized carbons (Fsp3) is 0.578. The van der Waals surface area contributed by atoms with Crippen molar-refractivity contribution in [1.82, 2.24) is 24.9 Å². The molecular formula is C83H126BN5NaO14P. The van der Waals surface area contributed by atoms with E-state index >= 15 is 0 Å². The molecule has 1 aliphatic heterocycles. The van der Waals surface area contributed by atoms with Gasteiger partial charge in [0.15, 0.2) is 5.78 Å². The Morgan fingerprint density at radius 2 is 0.981 bits per heavy atom. The maximum absolute atomic E-state index is 11.9. The van der Waals surface area contributed by atoms with Crippen LogP contribution in [0, 0.1) is 11.8 Å². The molecule has 5 aromatic heterocycles. The molecule has 1 N–H and O–H groups in total. The SMILES string of the molecule is C.CC1(C)OB(c2ccncc2)OC1(C)C.CCOC(=O)/C(C)=C1\CCC[C@@H](c2ccncc2)C1.CCOC(=O)C(C)C1CCC[C@@H](c2ccncc2)C1.CCOC(=O)C(C)P(C)(=O)OCC.CO.O=C1C=CCCC1.O=C1CCCC(c2ccncc2)C1.O=C1CCC[C@@H](c2ccncc2)C1.[2H]CC.[H-].[Na+]. The molecule has 19 nitrogen and oxygen atoms in total. The van der Waals surface area contributed by atoms with E-state index in [0.29, 0.717) is 74.5 Å². The number of hydrogen-bond acceptors (Lipinski definition) is 19. The van der Waals surface area contributed by atoms with Gasteiger partial charge in [-0.1, -0.05) is 46.2 Å². The third kappa shape index (κ3) is 35.1. The summed E-state index contributed by atoms with van der Waals surface area (Å²) in [4.78, 5) is 87.7. The second-order valence-corrected chi connectivity index (χ2v) is 29.9. The van der Waals surface area contributed by atoms with E-state index in [9.17, 15) is 33.3 Å². The number of hydrogen-bond donors (Lipinski definition) is 1. The summed E-state index contributed by atoms with van der Waals surface area (Å²) in [6.45, 7) is 26.1. The van der Waals surface area contributed by atoms with Crippen molar-refractivity contribution in [1.29, 1.82) is 0 Å². The minimum absolute atomic E-state index is 0. The Kier molecular flexibility index (Phi) is 48.4. The number of aliphatic hydroxyl groups excluding tert-OH is 1. The van der Waals surface area contributed by atoms with Gasteiger partial charge < -0.3 is 34.6 Å². The van der Waals surface area contributed by atoms with Crippen LogP contribution in [0.4, 0.5) is 0 Å². The number of allylic oxidation sites excluding steroid dienone is 3. The van der Waals surface area contributed by atoms with Crippen molar-refractivity contribution in [3.63, 3.8) is 0 Å². The number of aromatic nitrogens is 5. The Balaban J connectivity index is 0.00000122. The fourth-order valence-corrected chi connectivity index (χ4v) is 13.9. The van der Waals surface area contributed by atoms with Gasteiger partial charge in [-0.15, -0.1) is 0 Å². The van der Waals surface area contributed by atoms with Crippen molar-refractivity contribution in [2.45, 2.75) is 260 Å². The average molecular weight is 1480 g/mol. The molecule has 0 spiro atoms. The number of nitrogens with zero attached hydrogens (tertiary/aromatic N) is 5. The van der Waals surface area contributed by atoms with Gasteiger partial charge in [-0.2, -0.15) is 0 Å². The molecule has 11 rings (SSSR count). The maximum atomic E-state index is 11.9. The molecule has 1 saturated heterocycles. The van der Waals surface area contributed by atoms with E-state index in [0.717, 1.165) is 121 Å². The van der Waals surface area contributed by atoms with Crippen LogP contribution in [0.25, 0.3) is 0 Å². The quantitative estimate of drug-likeness (QED) is 0.0336. The van der Waals surface area contributed by atoms with Gasteiger partial charge in [-0.3, -0.25) is 53.5 Å². The van der Waals surface area contributed by atoms with Crippen LogP contribution in [0.1, 0.15) is 268 Å². The van der Waals surface area contributed by atoms with Crippen molar-refractivity contribution in [3.05, 3.63) is 168 Å². The van der Waals surface area contributed by atoms with Gasteiger partial charge in [0.25, 0.3) is 0 Å². The van der Waals surface area contributed by atoms with Crippen LogP contribution in [-0.4, -0.2) is 129 Å². The molecule has 8 atom stereocenters. The van der Waals surface area contributed by atoms with E-state index in [4.69, 9.17) is 34.5 Å². The van der Waals surface area contributed by atoms with Crippen LogP contribution in [0.15, 0.2) is 146 Å². The Hall–Kier alpha value is -6.22. The van der Waals surface area contributed by atoms with Crippen molar-refractivity contribution >= 4 is 55.2 Å². The normalized spacial score (nSPS) is 21.2. The molecule has 0 amide bonds. The zero-order chi connectivity index (χ0) is 76.9. The number of pyridine rings is 5. The van der Waals surface area contributed by atoms with Crippen molar-refractivity contribution in [2.75, 3.05) is 40.2 Å². The first-order valence-corrected chi connectivity index (χ1v) is 39.2. The summed E-state index contributed by atoms with van der Waals surface area (Å²) in [6.07, 6.45) is 40.9. The monoisotopic (exact) mass is 1480 g/mol. The summed E-state index contributed by atoms with van der Waals surface area (Å²) in [6, 6.07) is 20.3. The molecule has 0 radical (unpaired) electrons. The largest absolute Gasteiger partial charge is 1.00 e. The van der Waals surface area contributed by atoms with Gasteiger partial charge in [0.05, 0.1) is 43.5 Å². The average Bonchev–Trinajstić information content (AvgIpc) is 1.65. The zero-order valence-corrected chi connectivity index (χ0v) is 68.1. The van der Waals surface area contributed by atoms with Crippen LogP contribution >= 0.6 is 7.37 Å². The molecular weight excluding hydrogens is 1360 g/mol. The van der Waals surface area contributed by atoms with E-state index < -0.39 is 19.0 Å². The molecule has 4 saturated carbocycles. The molecule has 5 fully saturated rings. The number of ketones is 3. The molecule has 6 aliphatic rings. The Labute approximate surface area is 655 Å². The molecule has 6 heterocycles. The standard InChI is InChI=1S/C16H23NO2.C16H21NO2.C11H16BNO2.2C11H13NO.C8H17O4P.C6H8O.C2H6.CH4O.CH4.Na.H/c2*1-3-19-16(18)12(2)14-5-4-6-15(11-14)13-7-9-17-10-8-13;1-10(2)11(3,4)15-12(14-10)9-5-7-13-8-6-9;2*13-11-3-1-2-10(8-11)9-4-6-12-7-5-9;1-5-11-8(9)7(3)13(4,10)12-6-2;7-6-4-2-1-3-5-6;2*1-2;;;/h7-10,12,14-15H,3-6,11H2,1-2H3;7-10,15H,3-6,11H2,1-2H3;5-8H,1-4H3;2*4-7,10H,1-3,8H2;7H,5-6H2,1-4H3;2,4H,1,3,5H2;1-2H3;2H,1H3;1H4;;/q;;;;;;;;;;+1;-1/b;14-12+;;;;;;;;;;/t12?,14?,15-;15-;;10-;;;;;;;;/m11.1......../s1/i;;;;;;;1D;;;;. The topological polar surface area (TPSA) is 260 Å². The predicted octanol–water partition coefficient (Wildman–Crippen LogP) is 14.7. The summed E-state index contributed by atoms with van der Waals surface area (Å²) in [5.41, 5.74) is 7.07. The van der Waals surface area contributed by atoms with Crippen molar-refractivity contribution in [2.24, 2.45) is 11.8 Å². The molecule has 5 unspecified atom stereocenters. The molecule has 0 bridgehead atoms.